The molecule has 0 saturated heterocycles. The number of hydrazine groups is 1. The lowest BCUT2D eigenvalue weighted by atomic mass is 10.3. The molecule has 0 amide bonds. The van der Waals surface area contributed by atoms with Crippen molar-refractivity contribution in [3.8, 4) is 11.5 Å². The predicted molar refractivity (Wildman–Crippen MR) is 68.7 cm³/mol. The van der Waals surface area contributed by atoms with Crippen LogP contribution >= 0.6 is 0 Å². The monoisotopic (exact) mass is 244 g/mol. The highest BCUT2D eigenvalue weighted by Gasteiger charge is 2.26. The van der Waals surface area contributed by atoms with E-state index in [1.165, 1.54) is 12.8 Å². The lowest BCUT2D eigenvalue weighted by Gasteiger charge is -2.08. The molecule has 0 aromatic carbocycles. The van der Waals surface area contributed by atoms with Gasteiger partial charge in [-0.15, -0.1) is 0 Å². The molecule has 0 radical (unpaired) electrons. The van der Waals surface area contributed by atoms with Crippen LogP contribution in [0, 0.1) is 0 Å². The van der Waals surface area contributed by atoms with Gasteiger partial charge in [0.05, 0.1) is 12.5 Å². The molecule has 1 fully saturated rings. The highest BCUT2D eigenvalue weighted by Crippen LogP contribution is 2.37. The van der Waals surface area contributed by atoms with Crippen LogP contribution in [0.1, 0.15) is 31.5 Å². The number of nitrogen functional groups attached to an aromatic ring is 1. The fourth-order valence-electron chi connectivity index (χ4n) is 1.99. The zero-order chi connectivity index (χ0) is 12.5. The number of hydrogen-bond donors (Lipinski definition) is 2. The minimum absolute atomic E-state index is 0.561. The van der Waals surface area contributed by atoms with E-state index in [9.17, 15) is 0 Å². The van der Waals surface area contributed by atoms with E-state index in [0.717, 1.165) is 17.8 Å². The third-order valence-corrected chi connectivity index (χ3v) is 3.12. The molecule has 2 aromatic rings. The minimum Gasteiger partial charge on any atom is -0.325 e. The number of aromatic nitrogens is 4. The molecule has 0 atom stereocenters. The maximum absolute atomic E-state index is 5.44. The number of nitrogens with zero attached hydrogens (tertiary/aromatic N) is 4. The van der Waals surface area contributed by atoms with Gasteiger partial charge in [0.25, 0.3) is 0 Å². The first kappa shape index (κ1) is 11.2. The van der Waals surface area contributed by atoms with E-state index in [-0.39, 0.29) is 0 Å². The van der Waals surface area contributed by atoms with Gasteiger partial charge in [-0.3, -0.25) is 0 Å². The summed E-state index contributed by atoms with van der Waals surface area (Å²) in [7, 11) is 0. The second kappa shape index (κ2) is 4.38. The topological polar surface area (TPSA) is 81.6 Å². The van der Waals surface area contributed by atoms with Crippen LogP contribution in [0.2, 0.25) is 0 Å². The Balaban J connectivity index is 2.06. The zero-order valence-electron chi connectivity index (χ0n) is 10.3. The molecule has 1 saturated carbocycles. The average Bonchev–Trinajstić information content (AvgIpc) is 3.15. The molecule has 1 aliphatic rings. The van der Waals surface area contributed by atoms with Crippen molar-refractivity contribution < 1.29 is 0 Å². The van der Waals surface area contributed by atoms with E-state index in [0.29, 0.717) is 17.7 Å². The Bertz CT molecular complexity index is 535. The van der Waals surface area contributed by atoms with Crippen LogP contribution in [0.15, 0.2) is 18.6 Å². The van der Waals surface area contributed by atoms with E-state index >= 15 is 0 Å². The molecule has 0 bridgehead atoms. The third kappa shape index (κ3) is 1.95. The second-order valence-corrected chi connectivity index (χ2v) is 4.48. The minimum atomic E-state index is 0.561. The molecule has 3 N–H and O–H groups in total. The van der Waals surface area contributed by atoms with Crippen LogP contribution < -0.4 is 11.3 Å². The van der Waals surface area contributed by atoms with Crippen LogP contribution in [0.3, 0.4) is 0 Å². The van der Waals surface area contributed by atoms with E-state index in [1.54, 1.807) is 0 Å². The summed E-state index contributed by atoms with van der Waals surface area (Å²) in [6.45, 7) is 2.06. The summed E-state index contributed by atoms with van der Waals surface area (Å²) in [4.78, 5) is 13.2. The molecule has 3 rings (SSSR count). The first-order chi connectivity index (χ1) is 8.81. The fourth-order valence-corrected chi connectivity index (χ4v) is 1.99. The number of rotatable bonds is 4. The molecule has 6 nitrogen and oxygen atoms in total. The number of hydrogen-bond acceptors (Lipinski definition) is 5. The first-order valence-electron chi connectivity index (χ1n) is 6.18. The smallest absolute Gasteiger partial charge is 0.180 e. The van der Waals surface area contributed by atoms with Gasteiger partial charge < -0.3 is 9.99 Å². The van der Waals surface area contributed by atoms with Gasteiger partial charge in [0.15, 0.2) is 5.82 Å². The summed E-state index contributed by atoms with van der Waals surface area (Å²) < 4.78 is 2.15. The van der Waals surface area contributed by atoms with Gasteiger partial charge in [-0.2, -0.15) is 0 Å². The number of aryl methyl sites for hydroxylation is 1. The number of anilines is 1. The molecule has 6 heteroatoms. The van der Waals surface area contributed by atoms with Crippen LogP contribution in [0.25, 0.3) is 11.5 Å². The van der Waals surface area contributed by atoms with Gasteiger partial charge in [0.2, 0.25) is 0 Å². The van der Waals surface area contributed by atoms with Gasteiger partial charge in [-0.05, 0) is 19.3 Å². The van der Waals surface area contributed by atoms with E-state index in [1.807, 2.05) is 18.6 Å². The molecule has 0 spiro atoms. The zero-order valence-corrected chi connectivity index (χ0v) is 10.3. The molecule has 0 unspecified atom stereocenters. The van der Waals surface area contributed by atoms with Crippen LogP contribution in [-0.2, 0) is 6.42 Å². The summed E-state index contributed by atoms with van der Waals surface area (Å²) in [6, 6.07) is 2.42. The number of nitrogens with one attached hydrogen (secondary N) is 1. The maximum Gasteiger partial charge on any atom is 0.180 e. The van der Waals surface area contributed by atoms with Gasteiger partial charge in [0.1, 0.15) is 11.5 Å². The van der Waals surface area contributed by atoms with Crippen molar-refractivity contribution in [2.45, 2.75) is 32.2 Å². The second-order valence-electron chi connectivity index (χ2n) is 4.48. The molecule has 1 aliphatic carbocycles. The largest absolute Gasteiger partial charge is 0.325 e. The molecule has 18 heavy (non-hydrogen) atoms. The molecule has 94 valence electrons. The van der Waals surface area contributed by atoms with E-state index < -0.39 is 0 Å². The Morgan fingerprint density at radius 2 is 2.28 bits per heavy atom. The van der Waals surface area contributed by atoms with Gasteiger partial charge in [-0.1, -0.05) is 6.92 Å². The van der Waals surface area contributed by atoms with Crippen molar-refractivity contribution in [3.05, 3.63) is 24.3 Å². The van der Waals surface area contributed by atoms with E-state index in [4.69, 9.17) is 5.84 Å². The lowest BCUT2D eigenvalue weighted by Crippen LogP contribution is -2.11. The Hall–Kier alpha value is -1.95. The summed E-state index contributed by atoms with van der Waals surface area (Å²) in [6.07, 6.45) is 6.93. The molecule has 2 aromatic heterocycles. The molecular formula is C12H16N6. The average molecular weight is 244 g/mol. The Labute approximate surface area is 105 Å². The lowest BCUT2D eigenvalue weighted by molar-refractivity contribution is 0.742. The first-order valence-corrected chi connectivity index (χ1v) is 6.18. The number of nitrogens with two attached hydrogens (primary N) is 1. The molecular weight excluding hydrogens is 228 g/mol. The summed E-state index contributed by atoms with van der Waals surface area (Å²) >= 11 is 0. The Morgan fingerprint density at radius 3 is 2.94 bits per heavy atom. The summed E-state index contributed by atoms with van der Waals surface area (Å²) in [5, 5.41) is 0. The standard InChI is InChI=1S/C12H16N6/c1-2-8-5-11(17-13)16-12(15-8)10-6-14-7-18(10)9-3-4-9/h5-7,9H,2-4,13H2,1H3,(H,15,16,17). The SMILES string of the molecule is CCc1cc(NN)nc(-c2cncn2C2CC2)n1. The van der Waals surface area contributed by atoms with E-state index in [2.05, 4.69) is 31.9 Å². The maximum atomic E-state index is 5.44. The van der Waals surface area contributed by atoms with Crippen molar-refractivity contribution >= 4 is 5.82 Å². The molecule has 2 heterocycles. The third-order valence-electron chi connectivity index (χ3n) is 3.12. The summed E-state index contributed by atoms with van der Waals surface area (Å²) in [5.74, 6) is 6.77. The quantitative estimate of drug-likeness (QED) is 0.629. The predicted octanol–water partition coefficient (Wildman–Crippen LogP) is 1.52. The fraction of sp³-hybridized carbons (Fsp3) is 0.417. The van der Waals surface area contributed by atoms with Crippen LogP contribution in [0.5, 0.6) is 0 Å². The van der Waals surface area contributed by atoms with Crippen molar-refractivity contribution in [1.29, 1.82) is 0 Å². The summed E-state index contributed by atoms with van der Waals surface area (Å²) in [5.41, 5.74) is 4.52. The molecule has 0 aliphatic heterocycles. The van der Waals surface area contributed by atoms with Gasteiger partial charge in [-0.25, -0.2) is 20.8 Å². The van der Waals surface area contributed by atoms with Crippen molar-refractivity contribution in [2.24, 2.45) is 5.84 Å². The highest BCUT2D eigenvalue weighted by atomic mass is 15.3. The van der Waals surface area contributed by atoms with Crippen LogP contribution in [0.4, 0.5) is 5.82 Å². The van der Waals surface area contributed by atoms with Gasteiger partial charge >= 0.3 is 0 Å². The normalized spacial score (nSPS) is 14.8. The van der Waals surface area contributed by atoms with Crippen molar-refractivity contribution in [2.75, 3.05) is 5.43 Å². The van der Waals surface area contributed by atoms with Crippen molar-refractivity contribution in [1.82, 2.24) is 19.5 Å². The Kier molecular flexibility index (Phi) is 2.71. The van der Waals surface area contributed by atoms with Gasteiger partial charge in [0, 0.05) is 17.8 Å². The van der Waals surface area contributed by atoms with Crippen molar-refractivity contribution in [3.63, 3.8) is 0 Å². The highest BCUT2D eigenvalue weighted by molar-refractivity contribution is 5.53. The van der Waals surface area contributed by atoms with Crippen LogP contribution in [-0.4, -0.2) is 19.5 Å². The number of imidazole rings is 1. The Morgan fingerprint density at radius 1 is 1.44 bits per heavy atom.